The summed E-state index contributed by atoms with van der Waals surface area (Å²) in [7, 11) is 0. The van der Waals surface area contributed by atoms with Gasteiger partial charge in [-0.25, -0.2) is 19.4 Å². The van der Waals surface area contributed by atoms with Gasteiger partial charge >= 0.3 is 11.9 Å². The Morgan fingerprint density at radius 3 is 2.24 bits per heavy atom. The average Bonchev–Trinajstić information content (AvgIpc) is 2.26. The number of hydrogen-bond donors (Lipinski definition) is 0. The standard InChI is InChI=1S/C13H24O4/c1-5-7-8-11(6-2)13(15)17-16-12(14)9-10(3)4/h10-11H,5-9H2,1-4H3. The molecule has 4 nitrogen and oxygen atoms in total. The zero-order valence-electron chi connectivity index (χ0n) is 11.3. The first-order valence-corrected chi connectivity index (χ1v) is 6.42. The Morgan fingerprint density at radius 1 is 1.12 bits per heavy atom. The van der Waals surface area contributed by atoms with Gasteiger partial charge in [0.15, 0.2) is 0 Å². The molecule has 0 aromatic heterocycles. The van der Waals surface area contributed by atoms with E-state index in [9.17, 15) is 9.59 Å². The van der Waals surface area contributed by atoms with Crippen LogP contribution in [-0.4, -0.2) is 11.9 Å². The minimum atomic E-state index is -0.487. The van der Waals surface area contributed by atoms with E-state index in [0.29, 0.717) is 6.42 Å². The van der Waals surface area contributed by atoms with Gasteiger partial charge in [0, 0.05) is 0 Å². The summed E-state index contributed by atoms with van der Waals surface area (Å²) in [6.45, 7) is 7.80. The smallest absolute Gasteiger partial charge is 0.247 e. The fourth-order valence-corrected chi connectivity index (χ4v) is 1.46. The second kappa shape index (κ2) is 9.02. The predicted molar refractivity (Wildman–Crippen MR) is 64.9 cm³/mol. The molecule has 0 radical (unpaired) electrons. The third-order valence-electron chi connectivity index (χ3n) is 2.52. The topological polar surface area (TPSA) is 52.6 Å². The molecule has 100 valence electrons. The Labute approximate surface area is 104 Å². The van der Waals surface area contributed by atoms with Gasteiger partial charge in [-0.1, -0.05) is 40.5 Å². The minimum absolute atomic E-state index is 0.165. The van der Waals surface area contributed by atoms with Crippen LogP contribution in [0.5, 0.6) is 0 Å². The number of carbonyl (C=O) groups is 2. The van der Waals surface area contributed by atoms with Crippen molar-refractivity contribution in [1.82, 2.24) is 0 Å². The zero-order valence-corrected chi connectivity index (χ0v) is 11.3. The summed E-state index contributed by atoms with van der Waals surface area (Å²) >= 11 is 0. The van der Waals surface area contributed by atoms with Crippen molar-refractivity contribution in [3.63, 3.8) is 0 Å². The van der Waals surface area contributed by atoms with Crippen molar-refractivity contribution in [3.05, 3.63) is 0 Å². The van der Waals surface area contributed by atoms with Gasteiger partial charge < -0.3 is 0 Å². The predicted octanol–water partition coefficient (Wildman–Crippen LogP) is 3.25. The van der Waals surface area contributed by atoms with Crippen molar-refractivity contribution in [2.45, 2.75) is 59.8 Å². The summed E-state index contributed by atoms with van der Waals surface area (Å²) in [5, 5.41) is 0. The summed E-state index contributed by atoms with van der Waals surface area (Å²) < 4.78 is 0. The van der Waals surface area contributed by atoms with Crippen molar-refractivity contribution in [2.24, 2.45) is 11.8 Å². The monoisotopic (exact) mass is 244 g/mol. The molecule has 0 aliphatic heterocycles. The molecule has 1 unspecified atom stereocenters. The molecule has 0 saturated heterocycles. The van der Waals surface area contributed by atoms with Crippen LogP contribution >= 0.6 is 0 Å². The Hall–Kier alpha value is -1.06. The number of rotatable bonds is 7. The summed E-state index contributed by atoms with van der Waals surface area (Å²) in [5.74, 6) is -0.887. The maximum absolute atomic E-state index is 11.6. The molecule has 0 aromatic rings. The average molecular weight is 244 g/mol. The lowest BCUT2D eigenvalue weighted by molar-refractivity contribution is -0.263. The molecule has 0 aliphatic carbocycles. The minimum Gasteiger partial charge on any atom is -0.247 e. The molecular weight excluding hydrogens is 220 g/mol. The fraction of sp³-hybridized carbons (Fsp3) is 0.846. The van der Waals surface area contributed by atoms with Crippen LogP contribution in [0.4, 0.5) is 0 Å². The highest BCUT2D eigenvalue weighted by atomic mass is 17.2. The van der Waals surface area contributed by atoms with E-state index in [-0.39, 0.29) is 18.3 Å². The molecular formula is C13H24O4. The van der Waals surface area contributed by atoms with Gasteiger partial charge in [-0.15, -0.1) is 0 Å². The number of unbranched alkanes of at least 4 members (excludes halogenated alkanes) is 1. The van der Waals surface area contributed by atoms with Gasteiger partial charge in [-0.05, 0) is 18.8 Å². The molecule has 0 amide bonds. The second-order valence-electron chi connectivity index (χ2n) is 4.70. The Bertz CT molecular complexity index is 236. The van der Waals surface area contributed by atoms with Crippen LogP contribution in [0.1, 0.15) is 59.8 Å². The van der Waals surface area contributed by atoms with E-state index in [1.54, 1.807) is 0 Å². The molecule has 0 bridgehead atoms. The molecule has 4 heteroatoms. The highest BCUT2D eigenvalue weighted by Crippen LogP contribution is 2.14. The molecule has 17 heavy (non-hydrogen) atoms. The molecule has 1 atom stereocenters. The van der Waals surface area contributed by atoms with Gasteiger partial charge in [-0.3, -0.25) is 0 Å². The quantitative estimate of drug-likeness (QED) is 0.509. The van der Waals surface area contributed by atoms with E-state index in [0.717, 1.165) is 19.3 Å². The Morgan fingerprint density at radius 2 is 1.76 bits per heavy atom. The van der Waals surface area contributed by atoms with Crippen molar-refractivity contribution in [3.8, 4) is 0 Å². The summed E-state index contributed by atoms with van der Waals surface area (Å²) in [6.07, 6.45) is 3.78. The highest BCUT2D eigenvalue weighted by molar-refractivity contribution is 5.74. The maximum atomic E-state index is 11.6. The molecule has 0 aromatic carbocycles. The number of carbonyl (C=O) groups excluding carboxylic acids is 2. The van der Waals surface area contributed by atoms with Crippen LogP contribution in [0.2, 0.25) is 0 Å². The van der Waals surface area contributed by atoms with Crippen LogP contribution in [-0.2, 0) is 19.4 Å². The van der Waals surface area contributed by atoms with E-state index < -0.39 is 11.9 Å². The lowest BCUT2D eigenvalue weighted by atomic mass is 10.00. The van der Waals surface area contributed by atoms with Crippen LogP contribution in [0.25, 0.3) is 0 Å². The largest absolute Gasteiger partial charge is 0.358 e. The normalized spacial score (nSPS) is 12.3. The first kappa shape index (κ1) is 15.9. The van der Waals surface area contributed by atoms with E-state index >= 15 is 0 Å². The first-order valence-electron chi connectivity index (χ1n) is 6.42. The fourth-order valence-electron chi connectivity index (χ4n) is 1.46. The zero-order chi connectivity index (χ0) is 13.3. The highest BCUT2D eigenvalue weighted by Gasteiger charge is 2.20. The molecule has 0 N–H and O–H groups in total. The number of hydrogen-bond acceptors (Lipinski definition) is 4. The van der Waals surface area contributed by atoms with E-state index in [2.05, 4.69) is 16.7 Å². The SMILES string of the molecule is CCCCC(CC)C(=O)OOC(=O)CC(C)C. The molecule has 0 saturated carbocycles. The van der Waals surface area contributed by atoms with Crippen LogP contribution < -0.4 is 0 Å². The molecule has 0 heterocycles. The van der Waals surface area contributed by atoms with Gasteiger partial charge in [0.05, 0.1) is 12.3 Å². The van der Waals surface area contributed by atoms with Gasteiger partial charge in [-0.2, -0.15) is 0 Å². The van der Waals surface area contributed by atoms with Crippen molar-refractivity contribution in [1.29, 1.82) is 0 Å². The van der Waals surface area contributed by atoms with Crippen LogP contribution in [0, 0.1) is 11.8 Å². The van der Waals surface area contributed by atoms with Gasteiger partial charge in [0.2, 0.25) is 0 Å². The summed E-state index contributed by atoms with van der Waals surface area (Å²) in [6, 6.07) is 0. The third kappa shape index (κ3) is 7.77. The lowest BCUT2D eigenvalue weighted by Crippen LogP contribution is -2.20. The van der Waals surface area contributed by atoms with Crippen molar-refractivity contribution >= 4 is 11.9 Å². The lowest BCUT2D eigenvalue weighted by Gasteiger charge is -2.12. The molecule has 0 rings (SSSR count). The van der Waals surface area contributed by atoms with Gasteiger partial charge in [0.1, 0.15) is 0 Å². The molecule has 0 fully saturated rings. The maximum Gasteiger partial charge on any atom is 0.358 e. The summed E-state index contributed by atoms with van der Waals surface area (Å²) in [5.41, 5.74) is 0. The Kier molecular flexibility index (Phi) is 8.46. The van der Waals surface area contributed by atoms with E-state index in [1.165, 1.54) is 0 Å². The molecule has 0 spiro atoms. The third-order valence-corrected chi connectivity index (χ3v) is 2.52. The van der Waals surface area contributed by atoms with E-state index in [4.69, 9.17) is 0 Å². The van der Waals surface area contributed by atoms with E-state index in [1.807, 2.05) is 20.8 Å². The van der Waals surface area contributed by atoms with Crippen LogP contribution in [0.3, 0.4) is 0 Å². The molecule has 0 aliphatic rings. The van der Waals surface area contributed by atoms with Crippen molar-refractivity contribution in [2.75, 3.05) is 0 Å². The second-order valence-corrected chi connectivity index (χ2v) is 4.70. The van der Waals surface area contributed by atoms with Crippen LogP contribution in [0.15, 0.2) is 0 Å². The Balaban J connectivity index is 3.93. The van der Waals surface area contributed by atoms with Gasteiger partial charge in [0.25, 0.3) is 0 Å². The van der Waals surface area contributed by atoms with Crippen molar-refractivity contribution < 1.29 is 19.4 Å². The first-order chi connectivity index (χ1) is 8.01. The summed E-state index contributed by atoms with van der Waals surface area (Å²) in [4.78, 5) is 31.8.